The monoisotopic (exact) mass is 220 g/mol. The molecule has 2 nitrogen and oxygen atoms in total. The molecule has 0 heterocycles. The maximum absolute atomic E-state index is 13.3. The molecule has 0 amide bonds. The first-order chi connectivity index (χ1) is 6.60. The molecule has 0 saturated carbocycles. The van der Waals surface area contributed by atoms with Gasteiger partial charge in [-0.05, 0) is 12.1 Å². The molecule has 0 spiro atoms. The number of alkyl halides is 1. The highest BCUT2D eigenvalue weighted by molar-refractivity contribution is 6.17. The molecule has 0 atom stereocenters. The van der Waals surface area contributed by atoms with Gasteiger partial charge in [-0.15, -0.1) is 11.6 Å². The minimum absolute atomic E-state index is 0.0629. The van der Waals surface area contributed by atoms with Crippen LogP contribution in [-0.2, 0) is 10.6 Å². The minimum atomic E-state index is -0.923. The molecular weight excluding hydrogens is 214 g/mol. The highest BCUT2D eigenvalue weighted by Crippen LogP contribution is 2.18. The van der Waals surface area contributed by atoms with Crippen molar-refractivity contribution in [2.75, 3.05) is 7.11 Å². The van der Waals surface area contributed by atoms with Crippen LogP contribution in [0.15, 0.2) is 12.1 Å². The Balaban J connectivity index is 3.29. The van der Waals surface area contributed by atoms with Crippen LogP contribution >= 0.6 is 11.6 Å². The Morgan fingerprint density at radius 2 is 2.14 bits per heavy atom. The van der Waals surface area contributed by atoms with E-state index < -0.39 is 23.2 Å². The quantitative estimate of drug-likeness (QED) is 0.565. The summed E-state index contributed by atoms with van der Waals surface area (Å²) in [6.07, 6.45) is 0. The summed E-state index contributed by atoms with van der Waals surface area (Å²) < 4.78 is 30.5. The molecule has 0 radical (unpaired) electrons. The van der Waals surface area contributed by atoms with Crippen molar-refractivity contribution < 1.29 is 18.3 Å². The van der Waals surface area contributed by atoms with E-state index in [1.165, 1.54) is 0 Å². The first kappa shape index (κ1) is 10.9. The van der Waals surface area contributed by atoms with Gasteiger partial charge in [-0.25, -0.2) is 13.6 Å². The molecule has 0 fully saturated rings. The number of rotatable bonds is 2. The van der Waals surface area contributed by atoms with Crippen molar-refractivity contribution in [3.63, 3.8) is 0 Å². The number of methoxy groups -OCH3 is 1. The van der Waals surface area contributed by atoms with Gasteiger partial charge >= 0.3 is 5.97 Å². The number of hydrogen-bond donors (Lipinski definition) is 0. The highest BCUT2D eigenvalue weighted by Gasteiger charge is 2.16. The molecule has 0 bridgehead atoms. The average Bonchev–Trinajstić information content (AvgIpc) is 2.19. The fourth-order valence-corrected chi connectivity index (χ4v) is 1.20. The fourth-order valence-electron chi connectivity index (χ4n) is 1.00. The molecule has 0 N–H and O–H groups in total. The zero-order chi connectivity index (χ0) is 10.7. The Morgan fingerprint density at radius 3 is 2.64 bits per heavy atom. The normalized spacial score (nSPS) is 10.0. The summed E-state index contributed by atoms with van der Waals surface area (Å²) in [5, 5.41) is 0. The number of hydrogen-bond acceptors (Lipinski definition) is 2. The zero-order valence-electron chi connectivity index (χ0n) is 7.31. The van der Waals surface area contributed by atoms with Gasteiger partial charge in [0, 0.05) is 5.56 Å². The first-order valence-corrected chi connectivity index (χ1v) is 4.25. The van der Waals surface area contributed by atoms with Gasteiger partial charge in [-0.2, -0.15) is 0 Å². The van der Waals surface area contributed by atoms with E-state index in [1.807, 2.05) is 0 Å². The Bertz CT molecular complexity index is 366. The third kappa shape index (κ3) is 2.01. The summed E-state index contributed by atoms with van der Waals surface area (Å²) in [7, 11) is 1.09. The Labute approximate surface area is 84.4 Å². The van der Waals surface area contributed by atoms with E-state index in [9.17, 15) is 13.6 Å². The number of ether oxygens (including phenoxy) is 1. The van der Waals surface area contributed by atoms with Crippen LogP contribution in [0.25, 0.3) is 0 Å². The number of carbonyl (C=O) groups excluding carboxylic acids is 1. The third-order valence-electron chi connectivity index (χ3n) is 1.66. The van der Waals surface area contributed by atoms with Crippen molar-refractivity contribution in [3.8, 4) is 0 Å². The molecule has 5 heteroatoms. The van der Waals surface area contributed by atoms with Crippen LogP contribution in [0.5, 0.6) is 0 Å². The van der Waals surface area contributed by atoms with Crippen LogP contribution in [-0.4, -0.2) is 13.1 Å². The van der Waals surface area contributed by atoms with E-state index in [4.69, 9.17) is 11.6 Å². The van der Waals surface area contributed by atoms with Gasteiger partial charge in [0.1, 0.15) is 11.6 Å². The second kappa shape index (κ2) is 4.37. The molecule has 0 saturated heterocycles. The van der Waals surface area contributed by atoms with Crippen LogP contribution in [0.2, 0.25) is 0 Å². The van der Waals surface area contributed by atoms with Gasteiger partial charge in [0.05, 0.1) is 18.6 Å². The second-order valence-corrected chi connectivity index (χ2v) is 2.82. The summed E-state index contributed by atoms with van der Waals surface area (Å²) in [5.41, 5.74) is -0.504. The smallest absolute Gasteiger partial charge is 0.340 e. The van der Waals surface area contributed by atoms with Crippen LogP contribution in [0.4, 0.5) is 8.78 Å². The number of benzene rings is 1. The van der Waals surface area contributed by atoms with Crippen molar-refractivity contribution in [3.05, 3.63) is 34.9 Å². The molecule has 1 rings (SSSR count). The molecule has 1 aromatic rings. The molecule has 14 heavy (non-hydrogen) atoms. The molecular formula is C9H7ClF2O2. The topological polar surface area (TPSA) is 26.3 Å². The zero-order valence-corrected chi connectivity index (χ0v) is 8.07. The highest BCUT2D eigenvalue weighted by atomic mass is 35.5. The molecule has 0 aliphatic rings. The van der Waals surface area contributed by atoms with Crippen molar-refractivity contribution >= 4 is 17.6 Å². The standard InChI is InChI=1S/C9H7ClF2O2/c1-14-9(13)7-3-6(11)2-5(4-10)8(7)12/h2-3H,4H2,1H3. The lowest BCUT2D eigenvalue weighted by Gasteiger charge is -2.04. The van der Waals surface area contributed by atoms with Crippen molar-refractivity contribution in [2.45, 2.75) is 5.88 Å². The number of halogens is 3. The summed E-state index contributed by atoms with van der Waals surface area (Å²) in [6, 6.07) is 1.71. The fraction of sp³-hybridized carbons (Fsp3) is 0.222. The Kier molecular flexibility index (Phi) is 3.41. The lowest BCUT2D eigenvalue weighted by molar-refractivity contribution is 0.0594. The second-order valence-electron chi connectivity index (χ2n) is 2.55. The van der Waals surface area contributed by atoms with E-state index in [1.54, 1.807) is 0 Å². The van der Waals surface area contributed by atoms with Gasteiger partial charge < -0.3 is 4.74 Å². The lowest BCUT2D eigenvalue weighted by Crippen LogP contribution is -2.07. The van der Waals surface area contributed by atoms with E-state index in [2.05, 4.69) is 4.74 Å². The van der Waals surface area contributed by atoms with Gasteiger partial charge in [0.15, 0.2) is 0 Å². The van der Waals surface area contributed by atoms with Crippen LogP contribution in [0, 0.1) is 11.6 Å². The van der Waals surface area contributed by atoms with Crippen LogP contribution in [0.3, 0.4) is 0 Å². The van der Waals surface area contributed by atoms with Crippen LogP contribution < -0.4 is 0 Å². The van der Waals surface area contributed by atoms with E-state index in [0.717, 1.165) is 19.2 Å². The predicted octanol–water partition coefficient (Wildman–Crippen LogP) is 2.49. The molecule has 0 aromatic heterocycles. The number of esters is 1. The molecule has 76 valence electrons. The van der Waals surface area contributed by atoms with E-state index in [0.29, 0.717) is 0 Å². The summed E-state index contributed by atoms with van der Waals surface area (Å²) in [6.45, 7) is 0. The maximum atomic E-state index is 13.3. The molecule has 0 aliphatic carbocycles. The van der Waals surface area contributed by atoms with Gasteiger partial charge in [0.25, 0.3) is 0 Å². The first-order valence-electron chi connectivity index (χ1n) is 3.72. The van der Waals surface area contributed by atoms with Crippen molar-refractivity contribution in [1.82, 2.24) is 0 Å². The van der Waals surface area contributed by atoms with Crippen molar-refractivity contribution in [2.24, 2.45) is 0 Å². The van der Waals surface area contributed by atoms with Crippen molar-refractivity contribution in [1.29, 1.82) is 0 Å². The van der Waals surface area contributed by atoms with Crippen LogP contribution in [0.1, 0.15) is 15.9 Å². The van der Waals surface area contributed by atoms with Gasteiger partial charge in [-0.3, -0.25) is 0 Å². The Hall–Kier alpha value is -1.16. The Morgan fingerprint density at radius 1 is 1.50 bits per heavy atom. The van der Waals surface area contributed by atoms with E-state index >= 15 is 0 Å². The summed E-state index contributed by atoms with van der Waals surface area (Å²) >= 11 is 5.37. The largest absolute Gasteiger partial charge is 0.465 e. The summed E-state index contributed by atoms with van der Waals surface area (Å²) in [5.74, 6) is -2.68. The van der Waals surface area contributed by atoms with Gasteiger partial charge in [0.2, 0.25) is 0 Å². The molecule has 0 aliphatic heterocycles. The maximum Gasteiger partial charge on any atom is 0.340 e. The average molecular weight is 221 g/mol. The third-order valence-corrected chi connectivity index (χ3v) is 1.95. The van der Waals surface area contributed by atoms with E-state index in [-0.39, 0.29) is 11.4 Å². The van der Waals surface area contributed by atoms with Gasteiger partial charge in [-0.1, -0.05) is 0 Å². The predicted molar refractivity (Wildman–Crippen MR) is 47.3 cm³/mol. The summed E-state index contributed by atoms with van der Waals surface area (Å²) in [4.78, 5) is 11.0. The lowest BCUT2D eigenvalue weighted by atomic mass is 10.1. The SMILES string of the molecule is COC(=O)c1cc(F)cc(CCl)c1F. The minimum Gasteiger partial charge on any atom is -0.465 e. The molecule has 1 aromatic carbocycles. The molecule has 0 unspecified atom stereocenters. The number of carbonyl (C=O) groups is 1.